The van der Waals surface area contributed by atoms with Crippen molar-refractivity contribution in [2.45, 2.75) is 20.8 Å². The van der Waals surface area contributed by atoms with Crippen molar-refractivity contribution in [1.29, 1.82) is 0 Å². The zero-order valence-corrected chi connectivity index (χ0v) is 12.4. The fourth-order valence-corrected chi connectivity index (χ4v) is 2.49. The van der Waals surface area contributed by atoms with Gasteiger partial charge in [0.2, 0.25) is 0 Å². The van der Waals surface area contributed by atoms with E-state index in [0.29, 0.717) is 18.7 Å². The molecule has 6 nitrogen and oxygen atoms in total. The smallest absolute Gasteiger partial charge is 0.339 e. The summed E-state index contributed by atoms with van der Waals surface area (Å²) in [7, 11) is 0. The van der Waals surface area contributed by atoms with E-state index < -0.39 is 24.5 Å². The number of nitrogens with zero attached hydrogens (tertiary/aromatic N) is 1. The number of rotatable bonds is 3. The molecule has 2 rings (SSSR count). The summed E-state index contributed by atoms with van der Waals surface area (Å²) in [5.74, 6) is -1.06. The predicted octanol–water partition coefficient (Wildman–Crippen LogP) is 1.32. The summed E-state index contributed by atoms with van der Waals surface area (Å²) < 4.78 is 5.04. The number of aryl methyl sites for hydroxylation is 3. The lowest BCUT2D eigenvalue weighted by atomic mass is 10.00. The van der Waals surface area contributed by atoms with Crippen molar-refractivity contribution in [3.05, 3.63) is 34.4 Å². The molecule has 0 atom stereocenters. The minimum absolute atomic E-state index is 0.303. The van der Waals surface area contributed by atoms with E-state index in [2.05, 4.69) is 5.32 Å². The molecule has 1 N–H and O–H groups in total. The summed E-state index contributed by atoms with van der Waals surface area (Å²) in [6.07, 6.45) is 0. The average molecular weight is 290 g/mol. The Hall–Kier alpha value is -2.37. The molecule has 0 radical (unpaired) electrons. The van der Waals surface area contributed by atoms with Crippen molar-refractivity contribution < 1.29 is 19.1 Å². The number of esters is 1. The van der Waals surface area contributed by atoms with Crippen LogP contribution in [0.2, 0.25) is 0 Å². The second-order valence-electron chi connectivity index (χ2n) is 5.13. The molecule has 1 aliphatic heterocycles. The second kappa shape index (κ2) is 5.95. The molecule has 1 fully saturated rings. The first-order chi connectivity index (χ1) is 9.90. The first-order valence-corrected chi connectivity index (χ1v) is 6.73. The van der Waals surface area contributed by atoms with E-state index in [-0.39, 0.29) is 0 Å². The van der Waals surface area contributed by atoms with Gasteiger partial charge in [-0.05, 0) is 31.9 Å². The first kappa shape index (κ1) is 15.0. The van der Waals surface area contributed by atoms with E-state index >= 15 is 0 Å². The molecule has 0 unspecified atom stereocenters. The van der Waals surface area contributed by atoms with Crippen LogP contribution in [0.25, 0.3) is 0 Å². The van der Waals surface area contributed by atoms with Gasteiger partial charge in [0.25, 0.3) is 5.91 Å². The Bertz CT molecular complexity index is 587. The molecule has 112 valence electrons. The van der Waals surface area contributed by atoms with E-state index in [9.17, 15) is 14.4 Å². The summed E-state index contributed by atoms with van der Waals surface area (Å²) >= 11 is 0. The van der Waals surface area contributed by atoms with E-state index in [4.69, 9.17) is 4.74 Å². The number of hydrogen-bond acceptors (Lipinski definition) is 4. The number of amides is 3. The van der Waals surface area contributed by atoms with Crippen molar-refractivity contribution in [1.82, 2.24) is 10.2 Å². The molecule has 1 saturated heterocycles. The van der Waals surface area contributed by atoms with Crippen LogP contribution in [0, 0.1) is 20.8 Å². The summed E-state index contributed by atoms with van der Waals surface area (Å²) in [5.41, 5.74) is 3.15. The molecule has 1 aromatic rings. The number of urea groups is 1. The van der Waals surface area contributed by atoms with E-state index in [1.807, 2.05) is 32.9 Å². The molecular formula is C15H18N2O4. The molecule has 21 heavy (non-hydrogen) atoms. The number of imide groups is 1. The summed E-state index contributed by atoms with van der Waals surface area (Å²) in [6.45, 7) is 5.90. The number of benzene rings is 1. The van der Waals surface area contributed by atoms with Crippen LogP contribution in [0.1, 0.15) is 27.0 Å². The van der Waals surface area contributed by atoms with Crippen LogP contribution in [0.4, 0.5) is 4.79 Å². The number of ether oxygens (including phenoxy) is 1. The van der Waals surface area contributed by atoms with Gasteiger partial charge in [0, 0.05) is 13.1 Å². The van der Waals surface area contributed by atoms with E-state index in [1.54, 1.807) is 0 Å². The Morgan fingerprint density at radius 1 is 1.24 bits per heavy atom. The third kappa shape index (κ3) is 3.21. The lowest BCUT2D eigenvalue weighted by Crippen LogP contribution is -2.37. The highest BCUT2D eigenvalue weighted by Gasteiger charge is 2.27. The van der Waals surface area contributed by atoms with E-state index in [1.165, 1.54) is 0 Å². The average Bonchev–Trinajstić information content (AvgIpc) is 2.81. The van der Waals surface area contributed by atoms with Crippen LogP contribution in [0.5, 0.6) is 0 Å². The Balaban J connectivity index is 2.02. The first-order valence-electron chi connectivity index (χ1n) is 6.73. The van der Waals surface area contributed by atoms with Crippen LogP contribution in [0.3, 0.4) is 0 Å². The molecule has 0 spiro atoms. The minimum Gasteiger partial charge on any atom is -0.452 e. The van der Waals surface area contributed by atoms with Crippen LogP contribution in [-0.2, 0) is 9.53 Å². The van der Waals surface area contributed by atoms with Gasteiger partial charge in [-0.15, -0.1) is 0 Å². The lowest BCUT2D eigenvalue weighted by molar-refractivity contribution is -0.130. The van der Waals surface area contributed by atoms with Gasteiger partial charge in [-0.2, -0.15) is 0 Å². The molecule has 1 aliphatic rings. The van der Waals surface area contributed by atoms with Gasteiger partial charge in [-0.25, -0.2) is 9.59 Å². The van der Waals surface area contributed by atoms with Crippen molar-refractivity contribution in [2.75, 3.05) is 19.7 Å². The Morgan fingerprint density at radius 2 is 1.86 bits per heavy atom. The van der Waals surface area contributed by atoms with Gasteiger partial charge >= 0.3 is 12.0 Å². The molecule has 0 saturated carbocycles. The largest absolute Gasteiger partial charge is 0.452 e. The van der Waals surface area contributed by atoms with Crippen molar-refractivity contribution in [3.63, 3.8) is 0 Å². The van der Waals surface area contributed by atoms with Gasteiger partial charge < -0.3 is 10.1 Å². The molecule has 3 amide bonds. The number of hydrogen-bond donors (Lipinski definition) is 1. The highest BCUT2D eigenvalue weighted by Crippen LogP contribution is 2.17. The zero-order valence-electron chi connectivity index (χ0n) is 12.4. The maximum Gasteiger partial charge on any atom is 0.339 e. The number of nitrogens with one attached hydrogen (secondary N) is 1. The fourth-order valence-electron chi connectivity index (χ4n) is 2.49. The molecule has 0 bridgehead atoms. The topological polar surface area (TPSA) is 75.7 Å². The second-order valence-corrected chi connectivity index (χ2v) is 5.13. The van der Waals surface area contributed by atoms with Gasteiger partial charge in [0.05, 0.1) is 5.56 Å². The maximum atomic E-state index is 12.1. The summed E-state index contributed by atoms with van der Waals surface area (Å²) in [4.78, 5) is 36.3. The van der Waals surface area contributed by atoms with Crippen LogP contribution in [-0.4, -0.2) is 42.5 Å². The van der Waals surface area contributed by atoms with Crippen LogP contribution in [0.15, 0.2) is 12.1 Å². The molecule has 1 aromatic carbocycles. The molecule has 6 heteroatoms. The maximum absolute atomic E-state index is 12.1. The van der Waals surface area contributed by atoms with Crippen molar-refractivity contribution in [3.8, 4) is 0 Å². The van der Waals surface area contributed by atoms with Gasteiger partial charge in [-0.3, -0.25) is 9.69 Å². The highest BCUT2D eigenvalue weighted by atomic mass is 16.5. The Labute approximate surface area is 123 Å². The van der Waals surface area contributed by atoms with Crippen molar-refractivity contribution >= 4 is 17.9 Å². The van der Waals surface area contributed by atoms with Crippen LogP contribution < -0.4 is 5.32 Å². The summed E-state index contributed by atoms with van der Waals surface area (Å²) in [6, 6.07) is 3.33. The molecular weight excluding hydrogens is 272 g/mol. The number of carbonyl (C=O) groups excluding carboxylic acids is 3. The third-order valence-electron chi connectivity index (χ3n) is 3.37. The molecule has 1 heterocycles. The van der Waals surface area contributed by atoms with Gasteiger partial charge in [-0.1, -0.05) is 17.7 Å². The normalized spacial score (nSPS) is 14.0. The Morgan fingerprint density at radius 3 is 2.38 bits per heavy atom. The standard InChI is InChI=1S/C15H18N2O4/c1-9-6-10(2)13(11(3)7-9)14(19)21-8-12(18)17-5-4-16-15(17)20/h6-7H,4-5,8H2,1-3H3,(H,16,20). The molecule has 0 aliphatic carbocycles. The summed E-state index contributed by atoms with van der Waals surface area (Å²) in [5, 5.41) is 2.52. The minimum atomic E-state index is -0.544. The Kier molecular flexibility index (Phi) is 4.26. The quantitative estimate of drug-likeness (QED) is 0.852. The van der Waals surface area contributed by atoms with Gasteiger partial charge in [0.15, 0.2) is 6.61 Å². The van der Waals surface area contributed by atoms with Crippen LogP contribution >= 0.6 is 0 Å². The fraction of sp³-hybridized carbons (Fsp3) is 0.400. The molecule has 0 aromatic heterocycles. The van der Waals surface area contributed by atoms with E-state index in [0.717, 1.165) is 21.6 Å². The van der Waals surface area contributed by atoms with Crippen molar-refractivity contribution in [2.24, 2.45) is 0 Å². The monoisotopic (exact) mass is 290 g/mol. The van der Waals surface area contributed by atoms with Gasteiger partial charge in [0.1, 0.15) is 0 Å². The highest BCUT2D eigenvalue weighted by molar-refractivity contribution is 5.98. The third-order valence-corrected chi connectivity index (χ3v) is 3.37. The number of carbonyl (C=O) groups is 3. The lowest BCUT2D eigenvalue weighted by Gasteiger charge is -2.14. The zero-order chi connectivity index (χ0) is 15.6. The predicted molar refractivity (Wildman–Crippen MR) is 76.0 cm³/mol. The SMILES string of the molecule is Cc1cc(C)c(C(=O)OCC(=O)N2CCNC2=O)c(C)c1.